The number of carbonyl (C=O) groups is 2. The maximum Gasteiger partial charge on any atom is 0.407 e. The predicted molar refractivity (Wildman–Crippen MR) is 141 cm³/mol. The van der Waals surface area contributed by atoms with Gasteiger partial charge in [-0.25, -0.2) is 9.18 Å². The predicted octanol–water partition coefficient (Wildman–Crippen LogP) is 6.46. The van der Waals surface area contributed by atoms with Crippen molar-refractivity contribution < 1.29 is 23.5 Å². The molecule has 37 heavy (non-hydrogen) atoms. The Balaban J connectivity index is 1.35. The summed E-state index contributed by atoms with van der Waals surface area (Å²) in [5, 5.41) is 3.02. The maximum absolute atomic E-state index is 13.8. The number of benzene rings is 1. The third-order valence-electron chi connectivity index (χ3n) is 8.99. The molecule has 5 nitrogen and oxygen atoms in total. The second-order valence-corrected chi connectivity index (χ2v) is 11.3. The van der Waals surface area contributed by atoms with E-state index in [2.05, 4.69) is 36.5 Å². The molecule has 1 N–H and O–H groups in total. The largest absolute Gasteiger partial charge is 0.462 e. The van der Waals surface area contributed by atoms with Crippen molar-refractivity contribution in [3.05, 3.63) is 65.5 Å². The molecule has 0 aromatic heterocycles. The van der Waals surface area contributed by atoms with E-state index in [0.29, 0.717) is 18.4 Å². The molecule has 1 saturated heterocycles. The summed E-state index contributed by atoms with van der Waals surface area (Å²) in [4.78, 5) is 24.7. The van der Waals surface area contributed by atoms with E-state index in [1.165, 1.54) is 11.6 Å². The van der Waals surface area contributed by atoms with Crippen LogP contribution >= 0.6 is 0 Å². The number of rotatable bonds is 5. The summed E-state index contributed by atoms with van der Waals surface area (Å²) in [5.74, 6) is 1.23. The number of halogens is 1. The standard InChI is InChI=1S/C31H38FNO4/c1-4-36-31(35)33-24-10-13-26-22(16-24)17-28-29(19(3)37-30(28)34)27(26)12-9-20-8-11-25(18(2)14-20)21-6-5-7-23(32)15-21/h5-9,11-12,15,18-19,22,24,26-29H,4,10,13-14,16-17H2,1-3H3,(H,33,35)/b12-9+/t18?,19-,22+,24+,26-,27-,28+,29+/m0/s1. The molecule has 5 rings (SSSR count). The Kier molecular flexibility index (Phi) is 7.55. The Hall–Kier alpha value is -2.89. The minimum atomic E-state index is -0.353. The van der Waals surface area contributed by atoms with Gasteiger partial charge in [-0.1, -0.05) is 43.4 Å². The molecule has 1 amide bonds. The summed E-state index contributed by atoms with van der Waals surface area (Å²) >= 11 is 0. The molecule has 198 valence electrons. The third kappa shape index (κ3) is 5.39. The van der Waals surface area contributed by atoms with Gasteiger partial charge in [0.1, 0.15) is 11.9 Å². The van der Waals surface area contributed by atoms with E-state index in [0.717, 1.165) is 43.2 Å². The number of esters is 1. The van der Waals surface area contributed by atoms with Crippen molar-refractivity contribution in [1.82, 2.24) is 5.32 Å². The van der Waals surface area contributed by atoms with Crippen LogP contribution in [0.15, 0.2) is 54.1 Å². The van der Waals surface area contributed by atoms with Crippen LogP contribution in [0.25, 0.3) is 5.57 Å². The van der Waals surface area contributed by atoms with Gasteiger partial charge in [-0.05, 0) is 98.5 Å². The fourth-order valence-electron chi connectivity index (χ4n) is 7.39. The van der Waals surface area contributed by atoms with Crippen LogP contribution in [0.5, 0.6) is 0 Å². The average Bonchev–Trinajstić information content (AvgIpc) is 3.14. The van der Waals surface area contributed by atoms with Crippen LogP contribution in [-0.4, -0.2) is 30.8 Å². The van der Waals surface area contributed by atoms with E-state index in [1.807, 2.05) is 19.9 Å². The van der Waals surface area contributed by atoms with Crippen molar-refractivity contribution in [3.8, 4) is 0 Å². The average molecular weight is 508 g/mol. The Labute approximate surface area is 219 Å². The monoisotopic (exact) mass is 507 g/mol. The summed E-state index contributed by atoms with van der Waals surface area (Å²) in [7, 11) is 0. The zero-order valence-electron chi connectivity index (χ0n) is 22.0. The highest BCUT2D eigenvalue weighted by molar-refractivity contribution is 5.75. The van der Waals surface area contributed by atoms with E-state index < -0.39 is 0 Å². The molecule has 0 bridgehead atoms. The summed E-state index contributed by atoms with van der Waals surface area (Å²) in [6.45, 7) is 6.39. The smallest absolute Gasteiger partial charge is 0.407 e. The zero-order chi connectivity index (χ0) is 26.1. The van der Waals surface area contributed by atoms with Crippen LogP contribution in [0, 0.1) is 41.3 Å². The molecule has 1 heterocycles. The molecule has 8 atom stereocenters. The number of alkyl carbamates (subject to hydrolysis) is 1. The molecule has 1 aliphatic heterocycles. The molecule has 4 aliphatic rings. The quantitative estimate of drug-likeness (QED) is 0.465. The maximum atomic E-state index is 13.8. The molecule has 2 saturated carbocycles. The number of amides is 1. The summed E-state index contributed by atoms with van der Waals surface area (Å²) in [5.41, 5.74) is 3.35. The van der Waals surface area contributed by atoms with Crippen molar-refractivity contribution in [3.63, 3.8) is 0 Å². The number of cyclic esters (lactones) is 1. The lowest BCUT2D eigenvalue weighted by atomic mass is 9.57. The van der Waals surface area contributed by atoms with Crippen LogP contribution in [0.3, 0.4) is 0 Å². The third-order valence-corrected chi connectivity index (χ3v) is 8.99. The molecule has 1 unspecified atom stereocenters. The van der Waals surface area contributed by atoms with E-state index in [1.54, 1.807) is 12.1 Å². The second kappa shape index (κ2) is 10.8. The Morgan fingerprint density at radius 1 is 1.22 bits per heavy atom. The first-order valence-corrected chi connectivity index (χ1v) is 13.8. The van der Waals surface area contributed by atoms with Gasteiger partial charge in [-0.15, -0.1) is 0 Å². The first-order valence-electron chi connectivity index (χ1n) is 13.8. The SMILES string of the molecule is CCOC(=O)N[C@@H]1CC[C@H]2[C@H](C1)C[C@H]1C(=O)O[C@@H](C)[C@@H]1[C@H]2/C=C/C1=CC=C(c2cccc(F)c2)C(C)C1. The number of hydrogen-bond donors (Lipinski definition) is 1. The Morgan fingerprint density at radius 3 is 2.81 bits per heavy atom. The fraction of sp³-hybridized carbons (Fsp3) is 0.548. The lowest BCUT2D eigenvalue weighted by Crippen LogP contribution is -2.48. The van der Waals surface area contributed by atoms with Gasteiger partial charge in [-0.2, -0.15) is 0 Å². The van der Waals surface area contributed by atoms with Crippen LogP contribution in [0.1, 0.15) is 58.4 Å². The molecule has 3 fully saturated rings. The molecule has 1 aromatic rings. The van der Waals surface area contributed by atoms with Gasteiger partial charge in [0.05, 0.1) is 12.5 Å². The summed E-state index contributed by atoms with van der Waals surface area (Å²) in [6.07, 6.45) is 13.0. The van der Waals surface area contributed by atoms with Gasteiger partial charge in [0, 0.05) is 12.0 Å². The summed E-state index contributed by atoms with van der Waals surface area (Å²) in [6, 6.07) is 6.89. The van der Waals surface area contributed by atoms with Gasteiger partial charge < -0.3 is 14.8 Å². The van der Waals surface area contributed by atoms with Gasteiger partial charge >= 0.3 is 12.1 Å². The van der Waals surface area contributed by atoms with Crippen molar-refractivity contribution in [1.29, 1.82) is 0 Å². The second-order valence-electron chi connectivity index (χ2n) is 11.3. The van der Waals surface area contributed by atoms with Crippen LogP contribution < -0.4 is 5.32 Å². The highest BCUT2D eigenvalue weighted by Gasteiger charge is 2.54. The zero-order valence-corrected chi connectivity index (χ0v) is 22.0. The van der Waals surface area contributed by atoms with E-state index in [4.69, 9.17) is 9.47 Å². The van der Waals surface area contributed by atoms with Crippen LogP contribution in [0.4, 0.5) is 9.18 Å². The highest BCUT2D eigenvalue weighted by Crippen LogP contribution is 2.53. The molecular weight excluding hydrogens is 469 g/mol. The van der Waals surface area contributed by atoms with Crippen molar-refractivity contribution in [2.75, 3.05) is 6.61 Å². The number of nitrogens with one attached hydrogen (secondary N) is 1. The van der Waals surface area contributed by atoms with Crippen LogP contribution in [-0.2, 0) is 14.3 Å². The molecule has 0 spiro atoms. The number of fused-ring (bicyclic) bond motifs is 2. The summed E-state index contributed by atoms with van der Waals surface area (Å²) < 4.78 is 24.6. The molecule has 3 aliphatic carbocycles. The van der Waals surface area contributed by atoms with Gasteiger partial charge in [0.2, 0.25) is 0 Å². The number of allylic oxidation sites excluding steroid dienone is 6. The topological polar surface area (TPSA) is 64.6 Å². The lowest BCUT2D eigenvalue weighted by Gasteiger charge is -2.47. The molecular formula is C31H38FNO4. The van der Waals surface area contributed by atoms with Crippen molar-refractivity contribution >= 4 is 17.6 Å². The molecule has 1 aromatic carbocycles. The van der Waals surface area contributed by atoms with Crippen molar-refractivity contribution in [2.24, 2.45) is 35.5 Å². The van der Waals surface area contributed by atoms with E-state index >= 15 is 0 Å². The van der Waals surface area contributed by atoms with E-state index in [-0.39, 0.29) is 53.7 Å². The van der Waals surface area contributed by atoms with Gasteiger partial charge in [0.15, 0.2) is 0 Å². The number of carbonyl (C=O) groups excluding carboxylic acids is 2. The Bertz CT molecular complexity index is 1120. The molecule has 0 radical (unpaired) electrons. The lowest BCUT2D eigenvalue weighted by molar-refractivity contribution is -0.144. The first-order chi connectivity index (χ1) is 17.8. The fourth-order valence-corrected chi connectivity index (χ4v) is 7.39. The van der Waals surface area contributed by atoms with Crippen molar-refractivity contribution in [2.45, 2.75) is 65.0 Å². The number of hydrogen-bond acceptors (Lipinski definition) is 4. The molecule has 6 heteroatoms. The van der Waals surface area contributed by atoms with E-state index in [9.17, 15) is 14.0 Å². The number of ether oxygens (including phenoxy) is 2. The minimum Gasteiger partial charge on any atom is -0.462 e. The highest BCUT2D eigenvalue weighted by atomic mass is 19.1. The first kappa shape index (κ1) is 25.7. The van der Waals surface area contributed by atoms with Gasteiger partial charge in [0.25, 0.3) is 0 Å². The normalized spacial score (nSPS) is 35.2. The minimum absolute atomic E-state index is 0.0667. The Morgan fingerprint density at radius 2 is 2.05 bits per heavy atom. The van der Waals surface area contributed by atoms with Gasteiger partial charge in [-0.3, -0.25) is 4.79 Å². The van der Waals surface area contributed by atoms with Crippen LogP contribution in [0.2, 0.25) is 0 Å².